The number of likely N-dealkylation sites (tertiary alicyclic amines) is 1. The largest absolute Gasteiger partial charge is 0.302 e. The molecule has 0 amide bonds. The first-order valence-electron chi connectivity index (χ1n) is 9.79. The number of fused-ring (bicyclic) bond motifs is 2. The van der Waals surface area contributed by atoms with Crippen LogP contribution in [0.5, 0.6) is 0 Å². The molecular formula is C23H24ClNS. The summed E-state index contributed by atoms with van der Waals surface area (Å²) in [6.45, 7) is 3.73. The molecule has 2 aromatic rings. The molecule has 26 heavy (non-hydrogen) atoms. The fourth-order valence-corrected chi connectivity index (χ4v) is 5.73. The van der Waals surface area contributed by atoms with Crippen LogP contribution >= 0.6 is 23.4 Å². The Morgan fingerprint density at radius 2 is 1.73 bits per heavy atom. The van der Waals surface area contributed by atoms with Crippen LogP contribution in [0.3, 0.4) is 0 Å². The van der Waals surface area contributed by atoms with Crippen molar-refractivity contribution in [2.75, 3.05) is 19.6 Å². The van der Waals surface area contributed by atoms with Gasteiger partial charge in [0.2, 0.25) is 0 Å². The Balaban J connectivity index is 1.50. The van der Waals surface area contributed by atoms with Gasteiger partial charge < -0.3 is 4.90 Å². The molecule has 2 fully saturated rings. The molecule has 2 aromatic carbocycles. The number of hydrogen-bond acceptors (Lipinski definition) is 2. The van der Waals surface area contributed by atoms with Gasteiger partial charge in [0.25, 0.3) is 0 Å². The Morgan fingerprint density at radius 3 is 2.50 bits per heavy atom. The van der Waals surface area contributed by atoms with Crippen LogP contribution in [-0.2, 0) is 0 Å². The van der Waals surface area contributed by atoms with Crippen molar-refractivity contribution in [3.63, 3.8) is 0 Å². The molecule has 3 aliphatic rings. The minimum Gasteiger partial charge on any atom is -0.302 e. The van der Waals surface area contributed by atoms with E-state index in [9.17, 15) is 0 Å². The van der Waals surface area contributed by atoms with Crippen molar-refractivity contribution in [2.45, 2.75) is 41.9 Å². The van der Waals surface area contributed by atoms with E-state index in [1.54, 1.807) is 5.57 Å². The van der Waals surface area contributed by atoms with E-state index in [2.05, 4.69) is 41.3 Å². The van der Waals surface area contributed by atoms with Crippen molar-refractivity contribution in [1.29, 1.82) is 0 Å². The van der Waals surface area contributed by atoms with Crippen LogP contribution in [0.15, 0.2) is 57.8 Å². The zero-order valence-electron chi connectivity index (χ0n) is 15.0. The van der Waals surface area contributed by atoms with E-state index in [4.69, 9.17) is 11.6 Å². The summed E-state index contributed by atoms with van der Waals surface area (Å²) in [6.07, 6.45) is 6.71. The van der Waals surface area contributed by atoms with E-state index in [-0.39, 0.29) is 0 Å². The number of benzene rings is 2. The van der Waals surface area contributed by atoms with Crippen molar-refractivity contribution in [1.82, 2.24) is 4.90 Å². The molecule has 2 aliphatic heterocycles. The SMILES string of the molecule is Clc1ccc2c(c1)C(=C1CCN(CC3CCC3)CC1)c1ccccc1S2. The van der Waals surface area contributed by atoms with Crippen molar-refractivity contribution in [2.24, 2.45) is 5.92 Å². The molecule has 5 rings (SSSR count). The highest BCUT2D eigenvalue weighted by atomic mass is 35.5. The van der Waals surface area contributed by atoms with Crippen molar-refractivity contribution >= 4 is 28.9 Å². The standard InChI is InChI=1S/C23H24ClNS/c24-18-8-9-22-20(14-18)23(19-6-1-2-7-21(19)26-22)17-10-12-25(13-11-17)15-16-4-3-5-16/h1-2,6-9,14,16H,3-5,10-13,15H2. The summed E-state index contributed by atoms with van der Waals surface area (Å²) in [6, 6.07) is 15.2. The molecule has 0 atom stereocenters. The van der Waals surface area contributed by atoms with E-state index < -0.39 is 0 Å². The molecular weight excluding hydrogens is 358 g/mol. The fraction of sp³-hybridized carbons (Fsp3) is 0.391. The third-order valence-electron chi connectivity index (χ3n) is 6.14. The van der Waals surface area contributed by atoms with Crippen molar-refractivity contribution in [3.8, 4) is 0 Å². The molecule has 0 aromatic heterocycles. The van der Waals surface area contributed by atoms with Crippen LogP contribution < -0.4 is 0 Å². The van der Waals surface area contributed by atoms with Gasteiger partial charge in [0, 0.05) is 34.4 Å². The van der Waals surface area contributed by atoms with E-state index in [0.29, 0.717) is 0 Å². The Labute approximate surface area is 165 Å². The average molecular weight is 382 g/mol. The Hall–Kier alpha value is -1.22. The van der Waals surface area contributed by atoms with Gasteiger partial charge in [-0.3, -0.25) is 0 Å². The molecule has 1 saturated heterocycles. The summed E-state index contributed by atoms with van der Waals surface area (Å²) in [4.78, 5) is 5.41. The lowest BCUT2D eigenvalue weighted by Gasteiger charge is -2.36. The highest BCUT2D eigenvalue weighted by molar-refractivity contribution is 7.99. The highest BCUT2D eigenvalue weighted by Crippen LogP contribution is 2.48. The maximum atomic E-state index is 6.37. The van der Waals surface area contributed by atoms with Crippen LogP contribution in [0, 0.1) is 5.92 Å². The normalized spacial score (nSPS) is 20.5. The van der Waals surface area contributed by atoms with E-state index in [0.717, 1.165) is 10.9 Å². The first-order valence-corrected chi connectivity index (χ1v) is 11.0. The van der Waals surface area contributed by atoms with E-state index >= 15 is 0 Å². The number of piperidine rings is 1. The van der Waals surface area contributed by atoms with Crippen molar-refractivity contribution < 1.29 is 0 Å². The fourth-order valence-electron chi connectivity index (χ4n) is 4.49. The van der Waals surface area contributed by atoms with Gasteiger partial charge in [0.1, 0.15) is 0 Å². The first kappa shape index (κ1) is 16.9. The average Bonchev–Trinajstić information content (AvgIpc) is 2.63. The lowest BCUT2D eigenvalue weighted by molar-refractivity contribution is 0.169. The molecule has 0 bridgehead atoms. The quantitative estimate of drug-likeness (QED) is 0.498. The van der Waals surface area contributed by atoms with Gasteiger partial charge in [-0.25, -0.2) is 0 Å². The summed E-state index contributed by atoms with van der Waals surface area (Å²) in [7, 11) is 0. The van der Waals surface area contributed by atoms with Crippen LogP contribution in [0.2, 0.25) is 5.02 Å². The molecule has 2 heterocycles. The summed E-state index contributed by atoms with van der Waals surface area (Å²) in [5, 5.41) is 0.837. The second-order valence-electron chi connectivity index (χ2n) is 7.81. The molecule has 3 heteroatoms. The Morgan fingerprint density at radius 1 is 0.962 bits per heavy atom. The molecule has 0 N–H and O–H groups in total. The maximum absolute atomic E-state index is 6.37. The topological polar surface area (TPSA) is 3.24 Å². The van der Waals surface area contributed by atoms with E-state index in [1.807, 2.05) is 17.8 Å². The minimum atomic E-state index is 0.837. The monoisotopic (exact) mass is 381 g/mol. The predicted octanol–water partition coefficient (Wildman–Crippen LogP) is 6.50. The lowest BCUT2D eigenvalue weighted by atomic mass is 9.84. The van der Waals surface area contributed by atoms with Crippen LogP contribution in [0.4, 0.5) is 0 Å². The van der Waals surface area contributed by atoms with Gasteiger partial charge in [0.05, 0.1) is 0 Å². The molecule has 1 nitrogen and oxygen atoms in total. The van der Waals surface area contributed by atoms with Gasteiger partial charge in [-0.15, -0.1) is 0 Å². The van der Waals surface area contributed by atoms with Gasteiger partial charge in [-0.1, -0.05) is 53.6 Å². The van der Waals surface area contributed by atoms with Crippen molar-refractivity contribution in [3.05, 3.63) is 64.2 Å². The number of rotatable bonds is 2. The molecule has 134 valence electrons. The van der Waals surface area contributed by atoms with Crippen LogP contribution in [0.1, 0.15) is 43.2 Å². The number of nitrogens with zero attached hydrogens (tertiary/aromatic N) is 1. The third-order valence-corrected chi connectivity index (χ3v) is 7.53. The lowest BCUT2D eigenvalue weighted by Crippen LogP contribution is -2.37. The van der Waals surface area contributed by atoms with Gasteiger partial charge >= 0.3 is 0 Å². The zero-order chi connectivity index (χ0) is 17.5. The number of hydrogen-bond donors (Lipinski definition) is 0. The van der Waals surface area contributed by atoms with Crippen LogP contribution in [0.25, 0.3) is 5.57 Å². The summed E-state index contributed by atoms with van der Waals surface area (Å²) in [5.41, 5.74) is 5.81. The second kappa shape index (κ2) is 7.07. The Kier molecular flexibility index (Phi) is 4.60. The third kappa shape index (κ3) is 3.13. The summed E-state index contributed by atoms with van der Waals surface area (Å²) < 4.78 is 0. The molecule has 0 radical (unpaired) electrons. The van der Waals surface area contributed by atoms with Gasteiger partial charge in [-0.05, 0) is 72.6 Å². The van der Waals surface area contributed by atoms with Gasteiger partial charge in [0.15, 0.2) is 0 Å². The van der Waals surface area contributed by atoms with Gasteiger partial charge in [-0.2, -0.15) is 0 Å². The first-order chi connectivity index (χ1) is 12.8. The zero-order valence-corrected chi connectivity index (χ0v) is 16.6. The summed E-state index contributed by atoms with van der Waals surface area (Å²) in [5.74, 6) is 0.968. The Bertz CT molecular complexity index is 858. The highest BCUT2D eigenvalue weighted by Gasteiger charge is 2.27. The predicted molar refractivity (Wildman–Crippen MR) is 111 cm³/mol. The minimum absolute atomic E-state index is 0.837. The number of halogens is 1. The van der Waals surface area contributed by atoms with E-state index in [1.165, 1.54) is 78.2 Å². The second-order valence-corrected chi connectivity index (χ2v) is 9.34. The molecule has 0 spiro atoms. The molecule has 1 aliphatic carbocycles. The maximum Gasteiger partial charge on any atom is 0.0412 e. The van der Waals surface area contributed by atoms with Crippen LogP contribution in [-0.4, -0.2) is 24.5 Å². The summed E-state index contributed by atoms with van der Waals surface area (Å²) >= 11 is 8.25. The molecule has 1 saturated carbocycles. The smallest absolute Gasteiger partial charge is 0.0412 e. The molecule has 0 unspecified atom stereocenters.